The first-order chi connectivity index (χ1) is 35.9. The number of benzene rings is 5. The van der Waals surface area contributed by atoms with Gasteiger partial charge in [0.1, 0.15) is 17.4 Å². The van der Waals surface area contributed by atoms with Gasteiger partial charge in [0.15, 0.2) is 6.29 Å². The molecule has 4 atom stereocenters. The number of nitrogens with zero attached hydrogens (tertiary/aromatic N) is 2. The van der Waals surface area contributed by atoms with Crippen molar-refractivity contribution < 1.29 is 58.2 Å². The molecular formula is C60H63F2N3O10. The molecule has 0 saturated heterocycles. The molecule has 13 nitrogen and oxygen atoms in total. The van der Waals surface area contributed by atoms with Crippen molar-refractivity contribution in [1.29, 1.82) is 0 Å². The third-order valence-corrected chi connectivity index (χ3v) is 13.1. The molecule has 0 saturated carbocycles. The minimum Gasteiger partial charge on any atom is -0.481 e. The number of rotatable bonds is 24. The summed E-state index contributed by atoms with van der Waals surface area (Å²) in [7, 11) is 0. The Morgan fingerprint density at radius 2 is 1.03 bits per heavy atom. The van der Waals surface area contributed by atoms with Crippen LogP contribution >= 0.6 is 0 Å². The highest BCUT2D eigenvalue weighted by Crippen LogP contribution is 2.44. The van der Waals surface area contributed by atoms with Crippen LogP contribution < -0.4 is 10.1 Å². The van der Waals surface area contributed by atoms with Crippen molar-refractivity contribution in [2.45, 2.75) is 116 Å². The van der Waals surface area contributed by atoms with E-state index < -0.39 is 66.7 Å². The van der Waals surface area contributed by atoms with E-state index in [4.69, 9.17) is 9.84 Å². The first-order valence-electron chi connectivity index (χ1n) is 25.1. The normalized spacial score (nSPS) is 13.1. The molecule has 1 amide bonds. The molecule has 7 rings (SSSR count). The quantitative estimate of drug-likeness (QED) is 0.0192. The van der Waals surface area contributed by atoms with E-state index in [9.17, 15) is 48.4 Å². The number of halogens is 2. The number of hydrogen-bond acceptors (Lipinski definition) is 9. The van der Waals surface area contributed by atoms with Gasteiger partial charge in [0.25, 0.3) is 5.91 Å². The number of aliphatic carboxylic acids is 1. The lowest BCUT2D eigenvalue weighted by molar-refractivity contribution is -0.140. The zero-order chi connectivity index (χ0) is 53.9. The number of ether oxygens (including phenoxy) is 1. The predicted octanol–water partition coefficient (Wildman–Crippen LogP) is 11.0. The second-order valence-corrected chi connectivity index (χ2v) is 19.4. The molecule has 6 N–H and O–H groups in total. The van der Waals surface area contributed by atoms with E-state index in [1.807, 2.05) is 97.5 Å². The number of carboxylic acid groups (broad SMARTS) is 1. The second kappa shape index (κ2) is 25.1. The highest BCUT2D eigenvalue weighted by molar-refractivity contribution is 6.12. The summed E-state index contributed by atoms with van der Waals surface area (Å²) in [6.45, 7) is 8.19. The molecule has 15 heteroatoms. The topological polar surface area (TPSA) is 201 Å². The van der Waals surface area contributed by atoms with Crippen LogP contribution in [0.25, 0.3) is 44.8 Å². The average molecular weight is 1020 g/mol. The first kappa shape index (κ1) is 55.2. The van der Waals surface area contributed by atoms with Crippen molar-refractivity contribution in [2.24, 2.45) is 0 Å². The number of aliphatic hydroxyl groups excluding tert-OH is 4. The first-order valence-corrected chi connectivity index (χ1v) is 25.1. The summed E-state index contributed by atoms with van der Waals surface area (Å²) in [5.41, 5.74) is 7.86. The van der Waals surface area contributed by atoms with Gasteiger partial charge in [0.2, 0.25) is 0 Å². The van der Waals surface area contributed by atoms with Crippen molar-refractivity contribution in [2.75, 3.05) is 5.32 Å². The Morgan fingerprint density at radius 3 is 1.49 bits per heavy atom. The fraction of sp³-hybridized carbons (Fsp3) is 0.300. The van der Waals surface area contributed by atoms with Gasteiger partial charge >= 0.3 is 11.9 Å². The second-order valence-electron chi connectivity index (χ2n) is 19.4. The highest BCUT2D eigenvalue weighted by Gasteiger charge is 2.32. The Balaban J connectivity index is 1.06. The molecule has 0 aliphatic rings. The summed E-state index contributed by atoms with van der Waals surface area (Å²) in [5, 5.41) is 55.6. The van der Waals surface area contributed by atoms with Crippen LogP contribution in [0, 0.1) is 11.6 Å². The van der Waals surface area contributed by atoms with Crippen LogP contribution in [0.3, 0.4) is 0 Å². The molecule has 0 spiro atoms. The number of hydrogen-bond donors (Lipinski definition) is 6. The van der Waals surface area contributed by atoms with Crippen LogP contribution in [0.4, 0.5) is 14.5 Å². The van der Waals surface area contributed by atoms with E-state index in [0.717, 1.165) is 17.5 Å². The third kappa shape index (κ3) is 13.6. The van der Waals surface area contributed by atoms with E-state index in [0.29, 0.717) is 61.7 Å². The standard InChI is InChI=1S/C60H63F2N3O10/c1-36(2)56-50(35-66)53(38-11-7-5-8-12-38)58(40-15-19-42(61)20-16-40)64(56)29-27-46(68)32-48(70)34-52(73)75-49-25-23-44(24-26-49)63-60(74)55-54(39-13-9-6-10-14-39)59(41-17-21-43(62)22-18-41)65(57(55)37(3)4)30-28-45(67)31-47(69)33-51(71)72/h5-26,35-37,45-48,67-70H,27-34H2,1-4H3,(H,63,74)(H,71,72). The number of aldehydes is 1. The number of carboxylic acids is 1. The van der Waals surface area contributed by atoms with E-state index in [2.05, 4.69) is 5.32 Å². The zero-order valence-electron chi connectivity index (χ0n) is 42.3. The van der Waals surface area contributed by atoms with Gasteiger partial charge in [0.05, 0.1) is 54.2 Å². The lowest BCUT2D eigenvalue weighted by Crippen LogP contribution is -2.24. The molecule has 4 unspecified atom stereocenters. The molecule has 0 bridgehead atoms. The van der Waals surface area contributed by atoms with Crippen LogP contribution in [0.1, 0.15) is 110 Å². The Labute approximate surface area is 434 Å². The summed E-state index contributed by atoms with van der Waals surface area (Å²) in [4.78, 5) is 51.8. The van der Waals surface area contributed by atoms with Crippen molar-refractivity contribution in [3.05, 3.63) is 168 Å². The number of carbonyl (C=O) groups is 4. The van der Waals surface area contributed by atoms with Gasteiger partial charge in [0, 0.05) is 46.9 Å². The van der Waals surface area contributed by atoms with Gasteiger partial charge in [-0.25, -0.2) is 8.78 Å². The summed E-state index contributed by atoms with van der Waals surface area (Å²) < 4.78 is 38.0. The largest absolute Gasteiger partial charge is 0.481 e. The molecule has 2 aromatic heterocycles. The molecule has 5 aromatic carbocycles. The van der Waals surface area contributed by atoms with Crippen LogP contribution in [-0.2, 0) is 22.7 Å². The fourth-order valence-corrected chi connectivity index (χ4v) is 9.88. The van der Waals surface area contributed by atoms with Crippen molar-refractivity contribution in [3.8, 4) is 50.5 Å². The van der Waals surface area contributed by atoms with E-state index in [1.165, 1.54) is 36.4 Å². The Kier molecular flexibility index (Phi) is 18.5. The molecule has 0 fully saturated rings. The summed E-state index contributed by atoms with van der Waals surface area (Å²) in [5.74, 6) is -3.53. The maximum atomic E-state index is 14.7. The highest BCUT2D eigenvalue weighted by atomic mass is 19.1. The average Bonchev–Trinajstić information content (AvgIpc) is 3.92. The number of aliphatic hydroxyl groups is 4. The van der Waals surface area contributed by atoms with E-state index in [1.54, 1.807) is 36.4 Å². The van der Waals surface area contributed by atoms with Gasteiger partial charge in [-0.05, 0) is 133 Å². The van der Waals surface area contributed by atoms with Crippen LogP contribution in [0.2, 0.25) is 0 Å². The van der Waals surface area contributed by atoms with Gasteiger partial charge in [-0.1, -0.05) is 88.4 Å². The van der Waals surface area contributed by atoms with E-state index in [-0.39, 0.29) is 56.4 Å². The van der Waals surface area contributed by atoms with Crippen LogP contribution in [-0.4, -0.2) is 83.2 Å². The van der Waals surface area contributed by atoms with Crippen LogP contribution in [0.15, 0.2) is 133 Å². The number of carbonyl (C=O) groups excluding carboxylic acids is 3. The Morgan fingerprint density at radius 1 is 0.573 bits per heavy atom. The SMILES string of the molecule is CC(C)c1c(C=O)c(-c2ccccc2)c(-c2ccc(F)cc2)n1CCC(O)CC(O)CC(=O)Oc1ccc(NC(=O)c2c(-c3ccccc3)c(-c3ccc(F)cc3)n(CCC(O)CC(O)CC(=O)O)c2C(C)C)cc1. The number of esters is 1. The van der Waals surface area contributed by atoms with Gasteiger partial charge in [-0.3, -0.25) is 19.2 Å². The Hall–Kier alpha value is -7.56. The van der Waals surface area contributed by atoms with Crippen molar-refractivity contribution in [1.82, 2.24) is 9.13 Å². The molecule has 0 aliphatic heterocycles. The molecule has 0 radical (unpaired) electrons. The molecular weight excluding hydrogens is 961 g/mol. The molecule has 392 valence electrons. The smallest absolute Gasteiger partial charge is 0.313 e. The molecule has 75 heavy (non-hydrogen) atoms. The van der Waals surface area contributed by atoms with Crippen LogP contribution in [0.5, 0.6) is 5.75 Å². The number of amides is 1. The number of anilines is 1. The maximum Gasteiger partial charge on any atom is 0.313 e. The third-order valence-electron chi connectivity index (χ3n) is 13.1. The zero-order valence-corrected chi connectivity index (χ0v) is 42.3. The maximum absolute atomic E-state index is 14.7. The van der Waals surface area contributed by atoms with Gasteiger partial charge in [-0.2, -0.15) is 0 Å². The van der Waals surface area contributed by atoms with Gasteiger partial charge < -0.3 is 44.7 Å². The summed E-state index contributed by atoms with van der Waals surface area (Å²) in [6.07, 6.45) is -4.88. The lowest BCUT2D eigenvalue weighted by Gasteiger charge is -2.20. The van der Waals surface area contributed by atoms with E-state index >= 15 is 0 Å². The molecule has 0 aliphatic carbocycles. The van der Waals surface area contributed by atoms with Gasteiger partial charge in [-0.15, -0.1) is 0 Å². The Bertz CT molecular complexity index is 3060. The summed E-state index contributed by atoms with van der Waals surface area (Å²) >= 11 is 0. The predicted molar refractivity (Wildman–Crippen MR) is 283 cm³/mol. The molecule has 2 heterocycles. The minimum absolute atomic E-state index is 0.0983. The summed E-state index contributed by atoms with van der Waals surface area (Å²) in [6, 6.07) is 36.6. The lowest BCUT2D eigenvalue weighted by atomic mass is 9.94. The monoisotopic (exact) mass is 1020 g/mol. The van der Waals surface area contributed by atoms with Crippen molar-refractivity contribution in [3.63, 3.8) is 0 Å². The number of aromatic nitrogens is 2. The minimum atomic E-state index is -1.27. The van der Waals surface area contributed by atoms with Crippen molar-refractivity contribution >= 4 is 29.8 Å². The fourth-order valence-electron chi connectivity index (χ4n) is 9.88. The molecule has 7 aromatic rings. The number of nitrogens with one attached hydrogen (secondary N) is 1.